The molecule has 1 atom stereocenters. The zero-order valence-electron chi connectivity index (χ0n) is 53.0. The summed E-state index contributed by atoms with van der Waals surface area (Å²) in [6, 6.07) is 0. The molecule has 0 saturated heterocycles. The van der Waals surface area contributed by atoms with Crippen molar-refractivity contribution in [1.29, 1.82) is 0 Å². The molecule has 0 amide bonds. The van der Waals surface area contributed by atoms with E-state index in [0.717, 1.165) is 135 Å². The standard InChI is InChI=1S/C75H126O6/c1-4-7-10-13-16-19-22-25-27-29-31-32-33-34-35-36-37-38-39-40-41-42-44-45-47-50-53-56-59-62-65-68-74(77)80-71-72(70-79-73(76)67-64-61-58-55-52-49-24-21-18-15-12-9-6-3)81-75(78)69-66-63-60-57-54-51-48-46-43-30-28-26-23-20-17-14-11-8-5-2/h7,9-10,12,16,18-19,21,25,27,31-32,34-35,37-38,40-41,49,52,72H,4-6,8,11,13-15,17,20,22-24,26,28-30,33,36,39,42-48,50-51,53-71H2,1-3H3/b10-7-,12-9-,19-16-,21-18-,27-25-,32-31-,35-34-,38-37-,41-40-,52-49-. The zero-order chi connectivity index (χ0) is 58.5. The third kappa shape index (κ3) is 66.5. The monoisotopic (exact) mass is 1120 g/mol. The maximum Gasteiger partial charge on any atom is 0.306 e. The van der Waals surface area contributed by atoms with E-state index in [1.807, 2.05) is 0 Å². The molecule has 0 aliphatic rings. The molecule has 0 aromatic heterocycles. The van der Waals surface area contributed by atoms with E-state index in [-0.39, 0.29) is 31.1 Å². The second kappa shape index (κ2) is 68.3. The van der Waals surface area contributed by atoms with E-state index in [9.17, 15) is 14.4 Å². The van der Waals surface area contributed by atoms with E-state index in [1.165, 1.54) is 141 Å². The maximum absolute atomic E-state index is 12.9. The van der Waals surface area contributed by atoms with Gasteiger partial charge in [0.2, 0.25) is 0 Å². The van der Waals surface area contributed by atoms with Crippen molar-refractivity contribution >= 4 is 17.9 Å². The molecule has 6 heteroatoms. The van der Waals surface area contributed by atoms with Crippen LogP contribution in [0.2, 0.25) is 0 Å². The summed E-state index contributed by atoms with van der Waals surface area (Å²) in [6.07, 6.45) is 95.1. The average Bonchev–Trinajstić information content (AvgIpc) is 3.46. The van der Waals surface area contributed by atoms with Gasteiger partial charge >= 0.3 is 17.9 Å². The Bertz CT molecular complexity index is 1670. The van der Waals surface area contributed by atoms with E-state index >= 15 is 0 Å². The van der Waals surface area contributed by atoms with Crippen molar-refractivity contribution in [3.05, 3.63) is 122 Å². The van der Waals surface area contributed by atoms with Crippen LogP contribution >= 0.6 is 0 Å². The molecular weight excluding hydrogens is 997 g/mol. The average molecular weight is 1120 g/mol. The molecule has 462 valence electrons. The molecule has 0 aromatic carbocycles. The number of carbonyl (C=O) groups excluding carboxylic acids is 3. The summed E-state index contributed by atoms with van der Waals surface area (Å²) in [6.45, 7) is 6.41. The Balaban J connectivity index is 4.30. The first-order valence-corrected chi connectivity index (χ1v) is 34.0. The van der Waals surface area contributed by atoms with Gasteiger partial charge in [-0.1, -0.05) is 309 Å². The molecule has 0 spiro atoms. The largest absolute Gasteiger partial charge is 0.462 e. The Kier molecular flexibility index (Phi) is 64.8. The number of carbonyl (C=O) groups is 3. The summed E-state index contributed by atoms with van der Waals surface area (Å²) in [5, 5.41) is 0. The Hall–Kier alpha value is -4.19. The third-order valence-corrected chi connectivity index (χ3v) is 14.5. The molecule has 81 heavy (non-hydrogen) atoms. The smallest absolute Gasteiger partial charge is 0.306 e. The molecule has 0 aromatic rings. The highest BCUT2D eigenvalue weighted by molar-refractivity contribution is 5.71. The first-order chi connectivity index (χ1) is 40.0. The molecule has 6 nitrogen and oxygen atoms in total. The van der Waals surface area contributed by atoms with Crippen LogP contribution in [-0.4, -0.2) is 37.2 Å². The Labute approximate surface area is 501 Å². The van der Waals surface area contributed by atoms with E-state index in [0.29, 0.717) is 19.3 Å². The first-order valence-electron chi connectivity index (χ1n) is 34.0. The van der Waals surface area contributed by atoms with Gasteiger partial charge in [0, 0.05) is 19.3 Å². The van der Waals surface area contributed by atoms with E-state index < -0.39 is 6.10 Å². The minimum Gasteiger partial charge on any atom is -0.462 e. The number of rotatable bonds is 61. The van der Waals surface area contributed by atoms with Gasteiger partial charge in [-0.2, -0.15) is 0 Å². The second-order valence-electron chi connectivity index (χ2n) is 22.3. The number of hydrogen-bond acceptors (Lipinski definition) is 6. The van der Waals surface area contributed by atoms with Crippen LogP contribution in [0.1, 0.15) is 316 Å². The van der Waals surface area contributed by atoms with Crippen molar-refractivity contribution in [3.63, 3.8) is 0 Å². The molecule has 0 heterocycles. The quantitative estimate of drug-likeness (QED) is 0.0261. The topological polar surface area (TPSA) is 78.9 Å². The van der Waals surface area contributed by atoms with E-state index in [4.69, 9.17) is 14.2 Å². The molecular formula is C75H126O6. The fourth-order valence-electron chi connectivity index (χ4n) is 9.44. The minimum atomic E-state index is -0.794. The fraction of sp³-hybridized carbons (Fsp3) is 0.693. The maximum atomic E-state index is 12.9. The van der Waals surface area contributed by atoms with Crippen LogP contribution in [-0.2, 0) is 28.6 Å². The third-order valence-electron chi connectivity index (χ3n) is 14.5. The van der Waals surface area contributed by atoms with Crippen molar-refractivity contribution in [1.82, 2.24) is 0 Å². The van der Waals surface area contributed by atoms with Crippen molar-refractivity contribution in [2.75, 3.05) is 13.2 Å². The lowest BCUT2D eigenvalue weighted by Gasteiger charge is -2.18. The lowest BCUT2D eigenvalue weighted by Crippen LogP contribution is -2.30. The Morgan fingerprint density at radius 2 is 0.481 bits per heavy atom. The predicted octanol–water partition coefficient (Wildman–Crippen LogP) is 23.6. The van der Waals surface area contributed by atoms with Crippen LogP contribution in [0.15, 0.2) is 122 Å². The van der Waals surface area contributed by atoms with Crippen LogP contribution in [0.5, 0.6) is 0 Å². The summed E-state index contributed by atoms with van der Waals surface area (Å²) in [5.74, 6) is -0.915. The zero-order valence-corrected chi connectivity index (χ0v) is 53.0. The summed E-state index contributed by atoms with van der Waals surface area (Å²) in [4.78, 5) is 38.4. The molecule has 0 saturated carbocycles. The van der Waals surface area contributed by atoms with Gasteiger partial charge in [-0.25, -0.2) is 0 Å². The molecule has 0 N–H and O–H groups in total. The van der Waals surface area contributed by atoms with E-state index in [1.54, 1.807) is 0 Å². The van der Waals surface area contributed by atoms with Crippen molar-refractivity contribution in [2.45, 2.75) is 322 Å². The Morgan fingerprint density at radius 3 is 0.765 bits per heavy atom. The van der Waals surface area contributed by atoms with Gasteiger partial charge in [-0.3, -0.25) is 14.4 Å². The van der Waals surface area contributed by atoms with Gasteiger partial charge < -0.3 is 14.2 Å². The molecule has 0 bridgehead atoms. The molecule has 0 fully saturated rings. The number of unbranched alkanes of at least 4 members (excludes halogenated alkanes) is 30. The Morgan fingerprint density at radius 1 is 0.259 bits per heavy atom. The SMILES string of the molecule is CC/C=C\C/C=C\C/C=C\C/C=C\C/C=C\C/C=C\C/C=C\CCCCCCCCCCCC(=O)OCC(COC(=O)CCCCC/C=C\C/C=C\C/C=C\CC)OC(=O)CCCCCCCCCCCCCCCCCCCCC. The summed E-state index contributed by atoms with van der Waals surface area (Å²) in [7, 11) is 0. The summed E-state index contributed by atoms with van der Waals surface area (Å²) >= 11 is 0. The van der Waals surface area contributed by atoms with Crippen molar-refractivity contribution in [3.8, 4) is 0 Å². The molecule has 0 rings (SSSR count). The molecule has 0 aliphatic heterocycles. The molecule has 1 unspecified atom stereocenters. The highest BCUT2D eigenvalue weighted by atomic mass is 16.6. The summed E-state index contributed by atoms with van der Waals surface area (Å²) < 4.78 is 16.9. The second-order valence-corrected chi connectivity index (χ2v) is 22.3. The van der Waals surface area contributed by atoms with E-state index in [2.05, 4.69) is 142 Å². The first kappa shape index (κ1) is 76.8. The highest BCUT2D eigenvalue weighted by Crippen LogP contribution is 2.17. The highest BCUT2D eigenvalue weighted by Gasteiger charge is 2.19. The van der Waals surface area contributed by atoms with Crippen LogP contribution in [0.4, 0.5) is 0 Å². The van der Waals surface area contributed by atoms with Gasteiger partial charge in [0.05, 0.1) is 0 Å². The van der Waals surface area contributed by atoms with Gasteiger partial charge in [-0.15, -0.1) is 0 Å². The minimum absolute atomic E-state index is 0.0900. The van der Waals surface area contributed by atoms with Crippen LogP contribution in [0.25, 0.3) is 0 Å². The van der Waals surface area contributed by atoms with Crippen LogP contribution < -0.4 is 0 Å². The van der Waals surface area contributed by atoms with Crippen molar-refractivity contribution in [2.24, 2.45) is 0 Å². The number of hydrogen-bond donors (Lipinski definition) is 0. The van der Waals surface area contributed by atoms with Crippen molar-refractivity contribution < 1.29 is 28.6 Å². The molecule has 0 radical (unpaired) electrons. The number of esters is 3. The normalized spacial score (nSPS) is 12.9. The van der Waals surface area contributed by atoms with Gasteiger partial charge in [-0.05, 0) is 109 Å². The van der Waals surface area contributed by atoms with Gasteiger partial charge in [0.25, 0.3) is 0 Å². The lowest BCUT2D eigenvalue weighted by molar-refractivity contribution is -0.167. The summed E-state index contributed by atoms with van der Waals surface area (Å²) in [5.41, 5.74) is 0. The lowest BCUT2D eigenvalue weighted by atomic mass is 10.0. The van der Waals surface area contributed by atoms with Gasteiger partial charge in [0.15, 0.2) is 6.10 Å². The number of ether oxygens (including phenoxy) is 3. The molecule has 0 aliphatic carbocycles. The fourth-order valence-corrected chi connectivity index (χ4v) is 9.44. The van der Waals surface area contributed by atoms with Gasteiger partial charge in [0.1, 0.15) is 13.2 Å². The van der Waals surface area contributed by atoms with Crippen LogP contribution in [0, 0.1) is 0 Å². The van der Waals surface area contributed by atoms with Crippen LogP contribution in [0.3, 0.4) is 0 Å². The number of allylic oxidation sites excluding steroid dienone is 20. The predicted molar refractivity (Wildman–Crippen MR) is 353 cm³/mol.